The van der Waals surface area contributed by atoms with Crippen LogP contribution in [0.5, 0.6) is 0 Å². The molecule has 2 fully saturated rings. The average Bonchev–Trinajstić information content (AvgIpc) is 2.94. The first-order chi connectivity index (χ1) is 14.6. The Morgan fingerprint density at radius 2 is 1.73 bits per heavy atom. The lowest BCUT2D eigenvalue weighted by Gasteiger charge is -2.25. The molecule has 0 bridgehead atoms. The molecule has 30 heavy (non-hydrogen) atoms. The van der Waals surface area contributed by atoms with Crippen LogP contribution in [0.15, 0.2) is 42.5 Å². The van der Waals surface area contributed by atoms with Crippen LogP contribution < -0.4 is 10.6 Å². The summed E-state index contributed by atoms with van der Waals surface area (Å²) in [6.07, 6.45) is 8.87. The Morgan fingerprint density at radius 3 is 2.50 bits per heavy atom. The Bertz CT molecular complexity index is 836. The Kier molecular flexibility index (Phi) is 7.06. The first-order valence-corrected chi connectivity index (χ1v) is 11.9. The summed E-state index contributed by atoms with van der Waals surface area (Å²) in [4.78, 5) is 15.4. The molecule has 1 aliphatic carbocycles. The van der Waals surface area contributed by atoms with Crippen LogP contribution >= 0.6 is 0 Å². The van der Waals surface area contributed by atoms with Crippen molar-refractivity contribution >= 4 is 16.7 Å². The molecular weight excluding hydrogens is 370 g/mol. The standard InChI is InChI=1S/C26H37N3O/c1-19(2)27-26(30)25-16-23(28-22-13-5-3-4-6-14-22)18-29(25)17-21-12-9-11-20-10-7-8-15-24(20)21/h7-12,15,19,22-23,25,28H,3-6,13-14,16-18H2,1-2H3,(H,27,30)/t23-,25+/m1/s1. The first-order valence-electron chi connectivity index (χ1n) is 11.9. The van der Waals surface area contributed by atoms with Gasteiger partial charge < -0.3 is 10.6 Å². The third-order valence-electron chi connectivity index (χ3n) is 6.72. The molecule has 1 saturated heterocycles. The van der Waals surface area contributed by atoms with Gasteiger partial charge in [-0.1, -0.05) is 68.1 Å². The van der Waals surface area contributed by atoms with Gasteiger partial charge in [0.15, 0.2) is 0 Å². The van der Waals surface area contributed by atoms with E-state index in [0.29, 0.717) is 12.1 Å². The summed E-state index contributed by atoms with van der Waals surface area (Å²) < 4.78 is 0. The molecular formula is C26H37N3O. The van der Waals surface area contributed by atoms with Crippen molar-refractivity contribution in [3.8, 4) is 0 Å². The van der Waals surface area contributed by atoms with Crippen molar-refractivity contribution in [3.05, 3.63) is 48.0 Å². The predicted octanol–water partition coefficient (Wildman–Crippen LogP) is 4.62. The summed E-state index contributed by atoms with van der Waals surface area (Å²) in [5, 5.41) is 9.65. The summed E-state index contributed by atoms with van der Waals surface area (Å²) in [6, 6.07) is 16.2. The summed E-state index contributed by atoms with van der Waals surface area (Å²) in [5.41, 5.74) is 1.31. The quantitative estimate of drug-likeness (QED) is 0.687. The van der Waals surface area contributed by atoms with Crippen molar-refractivity contribution in [3.63, 3.8) is 0 Å². The van der Waals surface area contributed by atoms with Crippen LogP contribution in [0, 0.1) is 0 Å². The molecule has 4 rings (SSSR count). The van der Waals surface area contributed by atoms with Crippen LogP contribution in [-0.2, 0) is 11.3 Å². The summed E-state index contributed by atoms with van der Waals surface area (Å²) >= 11 is 0. The van der Waals surface area contributed by atoms with E-state index in [2.05, 4.69) is 58.0 Å². The molecule has 0 aromatic heterocycles. The highest BCUT2D eigenvalue weighted by Gasteiger charge is 2.37. The third-order valence-corrected chi connectivity index (χ3v) is 6.72. The van der Waals surface area contributed by atoms with Crippen LogP contribution in [0.25, 0.3) is 10.8 Å². The van der Waals surface area contributed by atoms with E-state index in [-0.39, 0.29) is 18.0 Å². The van der Waals surface area contributed by atoms with Gasteiger partial charge in [-0.05, 0) is 49.4 Å². The van der Waals surface area contributed by atoms with Gasteiger partial charge in [0.2, 0.25) is 5.91 Å². The third kappa shape index (κ3) is 5.22. The molecule has 2 aliphatic rings. The van der Waals surface area contributed by atoms with Gasteiger partial charge in [-0.2, -0.15) is 0 Å². The van der Waals surface area contributed by atoms with Gasteiger partial charge in [-0.3, -0.25) is 9.69 Å². The van der Waals surface area contributed by atoms with Crippen LogP contribution in [-0.4, -0.2) is 41.5 Å². The molecule has 1 saturated carbocycles. The minimum absolute atomic E-state index is 0.0605. The van der Waals surface area contributed by atoms with Crippen molar-refractivity contribution in [2.24, 2.45) is 0 Å². The van der Waals surface area contributed by atoms with Gasteiger partial charge in [-0.15, -0.1) is 0 Å². The minimum atomic E-state index is -0.0605. The second-order valence-corrected chi connectivity index (χ2v) is 9.53. The summed E-state index contributed by atoms with van der Waals surface area (Å²) in [6.45, 7) is 5.85. The van der Waals surface area contributed by atoms with Gasteiger partial charge in [0, 0.05) is 31.2 Å². The maximum atomic E-state index is 13.0. The van der Waals surface area contributed by atoms with Gasteiger partial charge in [0.05, 0.1) is 6.04 Å². The highest BCUT2D eigenvalue weighted by molar-refractivity contribution is 5.86. The van der Waals surface area contributed by atoms with Gasteiger partial charge in [0.25, 0.3) is 0 Å². The zero-order chi connectivity index (χ0) is 20.9. The van der Waals surface area contributed by atoms with Crippen molar-refractivity contribution in [2.75, 3.05) is 6.54 Å². The normalized spacial score (nSPS) is 23.7. The fourth-order valence-corrected chi connectivity index (χ4v) is 5.28. The van der Waals surface area contributed by atoms with Crippen molar-refractivity contribution in [1.82, 2.24) is 15.5 Å². The maximum Gasteiger partial charge on any atom is 0.237 e. The zero-order valence-electron chi connectivity index (χ0n) is 18.6. The number of benzene rings is 2. The van der Waals surface area contributed by atoms with E-state index in [4.69, 9.17) is 0 Å². The predicted molar refractivity (Wildman–Crippen MR) is 124 cm³/mol. The van der Waals surface area contributed by atoms with E-state index < -0.39 is 0 Å². The minimum Gasteiger partial charge on any atom is -0.353 e. The van der Waals surface area contributed by atoms with E-state index in [1.54, 1.807) is 0 Å². The topological polar surface area (TPSA) is 44.4 Å². The molecule has 2 atom stereocenters. The smallest absolute Gasteiger partial charge is 0.237 e. The highest BCUT2D eigenvalue weighted by Crippen LogP contribution is 2.27. The van der Waals surface area contributed by atoms with Gasteiger partial charge in [-0.25, -0.2) is 0 Å². The number of nitrogens with zero attached hydrogens (tertiary/aromatic N) is 1. The number of carbonyl (C=O) groups excluding carboxylic acids is 1. The number of amides is 1. The Labute approximate surface area is 181 Å². The molecule has 2 N–H and O–H groups in total. The van der Waals surface area contributed by atoms with Gasteiger partial charge >= 0.3 is 0 Å². The SMILES string of the molecule is CC(C)NC(=O)[C@@H]1C[C@@H](NC2CCCCCC2)CN1Cc1cccc2ccccc12. The first kappa shape index (κ1) is 21.3. The molecule has 2 aromatic rings. The fourth-order valence-electron chi connectivity index (χ4n) is 5.28. The molecule has 0 radical (unpaired) electrons. The Morgan fingerprint density at radius 1 is 1.00 bits per heavy atom. The van der Waals surface area contributed by atoms with E-state index >= 15 is 0 Å². The number of carbonyl (C=O) groups is 1. The number of rotatable bonds is 6. The molecule has 1 aliphatic heterocycles. The fraction of sp³-hybridized carbons (Fsp3) is 0.577. The van der Waals surface area contributed by atoms with Crippen LogP contribution in [0.4, 0.5) is 0 Å². The molecule has 162 valence electrons. The number of hydrogen-bond donors (Lipinski definition) is 2. The van der Waals surface area contributed by atoms with Crippen LogP contribution in [0.3, 0.4) is 0 Å². The van der Waals surface area contributed by atoms with E-state index in [9.17, 15) is 4.79 Å². The van der Waals surface area contributed by atoms with Crippen molar-refractivity contribution in [2.45, 2.75) is 89.5 Å². The summed E-state index contributed by atoms with van der Waals surface area (Å²) in [5.74, 6) is 0.176. The van der Waals surface area contributed by atoms with Crippen molar-refractivity contribution < 1.29 is 4.79 Å². The number of hydrogen-bond acceptors (Lipinski definition) is 3. The summed E-state index contributed by atoms with van der Waals surface area (Å²) in [7, 11) is 0. The lowest BCUT2D eigenvalue weighted by Crippen LogP contribution is -2.45. The number of nitrogens with one attached hydrogen (secondary N) is 2. The number of likely N-dealkylation sites (tertiary alicyclic amines) is 1. The number of fused-ring (bicyclic) bond motifs is 1. The van der Waals surface area contributed by atoms with E-state index in [0.717, 1.165) is 19.5 Å². The maximum absolute atomic E-state index is 13.0. The Hall–Kier alpha value is -1.91. The van der Waals surface area contributed by atoms with E-state index in [1.165, 1.54) is 54.9 Å². The van der Waals surface area contributed by atoms with Crippen LogP contribution in [0.1, 0.15) is 64.4 Å². The molecule has 1 heterocycles. The lowest BCUT2D eigenvalue weighted by molar-refractivity contribution is -0.126. The largest absolute Gasteiger partial charge is 0.353 e. The average molecular weight is 408 g/mol. The lowest BCUT2D eigenvalue weighted by atomic mass is 10.0. The molecule has 2 aromatic carbocycles. The van der Waals surface area contributed by atoms with Crippen LogP contribution in [0.2, 0.25) is 0 Å². The molecule has 1 amide bonds. The molecule has 4 heteroatoms. The molecule has 4 nitrogen and oxygen atoms in total. The zero-order valence-corrected chi connectivity index (χ0v) is 18.6. The highest BCUT2D eigenvalue weighted by atomic mass is 16.2. The molecule has 0 spiro atoms. The molecule has 0 unspecified atom stereocenters. The van der Waals surface area contributed by atoms with E-state index in [1.807, 2.05) is 13.8 Å². The second kappa shape index (κ2) is 9.93. The Balaban J connectivity index is 1.51. The second-order valence-electron chi connectivity index (χ2n) is 9.53. The monoisotopic (exact) mass is 407 g/mol. The van der Waals surface area contributed by atoms with Gasteiger partial charge in [0.1, 0.15) is 0 Å². The van der Waals surface area contributed by atoms with Crippen molar-refractivity contribution in [1.29, 1.82) is 0 Å².